The van der Waals surface area contributed by atoms with Crippen molar-refractivity contribution >= 4 is 17.7 Å². The SMILES string of the molecule is COc1cc(CNC(=O)c2ccc3c(c2)C(=O)N(CCc2ccccc2)C3=O)ccc1OC(F)F. The molecule has 3 aromatic rings. The number of nitrogens with zero attached hydrogens (tertiary/aromatic N) is 1. The van der Waals surface area contributed by atoms with Gasteiger partial charge in [-0.3, -0.25) is 19.3 Å². The Kier molecular flexibility index (Phi) is 7.05. The average molecular weight is 480 g/mol. The van der Waals surface area contributed by atoms with Crippen molar-refractivity contribution in [3.63, 3.8) is 0 Å². The molecule has 0 aromatic heterocycles. The molecule has 4 rings (SSSR count). The number of hydrogen-bond acceptors (Lipinski definition) is 5. The quantitative estimate of drug-likeness (QED) is 0.467. The van der Waals surface area contributed by atoms with E-state index in [1.165, 1.54) is 48.4 Å². The zero-order valence-electron chi connectivity index (χ0n) is 18.8. The summed E-state index contributed by atoms with van der Waals surface area (Å²) in [4.78, 5) is 39.4. The summed E-state index contributed by atoms with van der Waals surface area (Å²) in [6, 6.07) is 18.2. The molecule has 1 N–H and O–H groups in total. The summed E-state index contributed by atoms with van der Waals surface area (Å²) in [6.45, 7) is -2.67. The Bertz CT molecular complexity index is 1260. The Morgan fingerprint density at radius 2 is 1.66 bits per heavy atom. The second-order valence-electron chi connectivity index (χ2n) is 7.80. The number of benzene rings is 3. The number of alkyl halides is 2. The second kappa shape index (κ2) is 10.3. The third kappa shape index (κ3) is 5.29. The van der Waals surface area contributed by atoms with Crippen LogP contribution in [0, 0.1) is 0 Å². The van der Waals surface area contributed by atoms with Gasteiger partial charge in [0.1, 0.15) is 0 Å². The molecule has 0 saturated carbocycles. The molecule has 9 heteroatoms. The van der Waals surface area contributed by atoms with Crippen molar-refractivity contribution in [2.24, 2.45) is 0 Å². The summed E-state index contributed by atoms with van der Waals surface area (Å²) in [6.07, 6.45) is 0.532. The summed E-state index contributed by atoms with van der Waals surface area (Å²) in [7, 11) is 1.32. The van der Waals surface area contributed by atoms with Crippen molar-refractivity contribution in [3.8, 4) is 11.5 Å². The lowest BCUT2D eigenvalue weighted by atomic mass is 10.1. The second-order valence-corrected chi connectivity index (χ2v) is 7.80. The van der Waals surface area contributed by atoms with E-state index in [-0.39, 0.29) is 47.2 Å². The molecule has 1 aliphatic heterocycles. The van der Waals surface area contributed by atoms with Crippen LogP contribution in [0.15, 0.2) is 66.7 Å². The van der Waals surface area contributed by atoms with Gasteiger partial charge in [-0.25, -0.2) is 0 Å². The predicted molar refractivity (Wildman–Crippen MR) is 123 cm³/mol. The van der Waals surface area contributed by atoms with Crippen LogP contribution in [0.4, 0.5) is 8.78 Å². The zero-order valence-corrected chi connectivity index (χ0v) is 18.8. The molecule has 180 valence electrons. The average Bonchev–Trinajstić information content (AvgIpc) is 3.10. The largest absolute Gasteiger partial charge is 0.493 e. The van der Waals surface area contributed by atoms with E-state index in [0.29, 0.717) is 12.0 Å². The Labute approximate surface area is 200 Å². The maximum absolute atomic E-state index is 12.9. The van der Waals surface area contributed by atoms with Crippen LogP contribution in [0.3, 0.4) is 0 Å². The van der Waals surface area contributed by atoms with Gasteiger partial charge in [0.25, 0.3) is 17.7 Å². The van der Waals surface area contributed by atoms with Crippen LogP contribution in [0.1, 0.15) is 42.2 Å². The molecule has 0 aliphatic carbocycles. The maximum Gasteiger partial charge on any atom is 0.387 e. The molecule has 1 aliphatic rings. The zero-order chi connectivity index (χ0) is 24.9. The van der Waals surface area contributed by atoms with Gasteiger partial charge < -0.3 is 14.8 Å². The normalized spacial score (nSPS) is 12.6. The lowest BCUT2D eigenvalue weighted by molar-refractivity contribution is -0.0512. The molecule has 0 bridgehead atoms. The van der Waals surface area contributed by atoms with Crippen LogP contribution in [-0.2, 0) is 13.0 Å². The minimum absolute atomic E-state index is 0.0807. The molecule has 0 unspecified atom stereocenters. The highest BCUT2D eigenvalue weighted by Gasteiger charge is 2.35. The first-order chi connectivity index (χ1) is 16.9. The van der Waals surface area contributed by atoms with Gasteiger partial charge >= 0.3 is 6.61 Å². The summed E-state index contributed by atoms with van der Waals surface area (Å²) in [5.41, 5.74) is 2.27. The van der Waals surface area contributed by atoms with Gasteiger partial charge in [-0.2, -0.15) is 8.78 Å². The monoisotopic (exact) mass is 480 g/mol. The molecule has 0 saturated heterocycles. The highest BCUT2D eigenvalue weighted by molar-refractivity contribution is 6.22. The van der Waals surface area contributed by atoms with Crippen molar-refractivity contribution in [2.75, 3.05) is 13.7 Å². The topological polar surface area (TPSA) is 84.9 Å². The highest BCUT2D eigenvalue weighted by Crippen LogP contribution is 2.29. The number of rotatable bonds is 9. The first-order valence-corrected chi connectivity index (χ1v) is 10.8. The summed E-state index contributed by atoms with van der Waals surface area (Å²) in [5.74, 6) is -1.28. The van der Waals surface area contributed by atoms with E-state index in [1.54, 1.807) is 0 Å². The van der Waals surface area contributed by atoms with E-state index in [9.17, 15) is 23.2 Å². The molecular formula is C26H22F2N2O5. The molecule has 0 atom stereocenters. The van der Waals surface area contributed by atoms with E-state index in [0.717, 1.165) is 5.56 Å². The van der Waals surface area contributed by atoms with Crippen molar-refractivity contribution in [1.29, 1.82) is 0 Å². The van der Waals surface area contributed by atoms with Gasteiger partial charge in [0.05, 0.1) is 18.2 Å². The number of nitrogens with one attached hydrogen (secondary N) is 1. The van der Waals surface area contributed by atoms with Gasteiger partial charge in [0.15, 0.2) is 11.5 Å². The molecular weight excluding hydrogens is 458 g/mol. The van der Waals surface area contributed by atoms with Crippen molar-refractivity contribution in [3.05, 3.63) is 94.5 Å². The van der Waals surface area contributed by atoms with Gasteiger partial charge in [0, 0.05) is 18.7 Å². The Morgan fingerprint density at radius 3 is 2.37 bits per heavy atom. The summed E-state index contributed by atoms with van der Waals surface area (Å²) < 4.78 is 34.4. The predicted octanol–water partition coefficient (Wildman–Crippen LogP) is 4.07. The molecule has 0 radical (unpaired) electrons. The molecule has 3 aromatic carbocycles. The number of ether oxygens (including phenoxy) is 2. The maximum atomic E-state index is 12.9. The van der Waals surface area contributed by atoms with Gasteiger partial charge in [-0.1, -0.05) is 36.4 Å². The fraction of sp³-hybridized carbons (Fsp3) is 0.192. The fourth-order valence-corrected chi connectivity index (χ4v) is 3.82. The van der Waals surface area contributed by atoms with Crippen molar-refractivity contribution < 1.29 is 32.6 Å². The van der Waals surface area contributed by atoms with Crippen LogP contribution < -0.4 is 14.8 Å². The Morgan fingerprint density at radius 1 is 0.914 bits per heavy atom. The molecule has 35 heavy (non-hydrogen) atoms. The molecule has 7 nitrogen and oxygen atoms in total. The molecule has 0 fully saturated rings. The molecule has 0 spiro atoms. The number of hydrogen-bond donors (Lipinski definition) is 1. The number of fused-ring (bicyclic) bond motifs is 1. The van der Waals surface area contributed by atoms with Gasteiger partial charge in [-0.15, -0.1) is 0 Å². The van der Waals surface area contributed by atoms with Crippen LogP contribution in [0.25, 0.3) is 0 Å². The number of methoxy groups -OCH3 is 1. The fourth-order valence-electron chi connectivity index (χ4n) is 3.82. The number of carbonyl (C=O) groups excluding carboxylic acids is 3. The molecule has 1 heterocycles. The lowest BCUT2D eigenvalue weighted by Gasteiger charge is -2.13. The third-order valence-electron chi connectivity index (χ3n) is 5.60. The van der Waals surface area contributed by atoms with E-state index in [2.05, 4.69) is 10.1 Å². The first-order valence-electron chi connectivity index (χ1n) is 10.8. The standard InChI is InChI=1S/C26H22F2N2O5/c1-34-22-13-17(7-10-21(22)35-26(27)28)15-29-23(31)18-8-9-19-20(14-18)25(33)30(24(19)32)12-11-16-5-3-2-4-6-16/h2-10,13-14,26H,11-12,15H2,1H3,(H,29,31). The number of imide groups is 1. The Balaban J connectivity index is 1.42. The van der Waals surface area contributed by atoms with Gasteiger partial charge in [0.2, 0.25) is 0 Å². The van der Waals surface area contributed by atoms with E-state index < -0.39 is 18.4 Å². The number of amides is 3. The molecule has 3 amide bonds. The minimum atomic E-state index is -2.99. The van der Waals surface area contributed by atoms with E-state index in [4.69, 9.17) is 4.74 Å². The van der Waals surface area contributed by atoms with Crippen molar-refractivity contribution in [1.82, 2.24) is 10.2 Å². The summed E-state index contributed by atoms with van der Waals surface area (Å²) >= 11 is 0. The van der Waals surface area contributed by atoms with Crippen LogP contribution in [0.5, 0.6) is 11.5 Å². The smallest absolute Gasteiger partial charge is 0.387 e. The van der Waals surface area contributed by atoms with E-state index >= 15 is 0 Å². The third-order valence-corrected chi connectivity index (χ3v) is 5.60. The lowest BCUT2D eigenvalue weighted by Crippen LogP contribution is -2.31. The highest BCUT2D eigenvalue weighted by atomic mass is 19.3. The van der Waals surface area contributed by atoms with Crippen LogP contribution >= 0.6 is 0 Å². The van der Waals surface area contributed by atoms with Crippen molar-refractivity contribution in [2.45, 2.75) is 19.6 Å². The van der Waals surface area contributed by atoms with Crippen LogP contribution in [0.2, 0.25) is 0 Å². The summed E-state index contributed by atoms with van der Waals surface area (Å²) in [5, 5.41) is 2.71. The van der Waals surface area contributed by atoms with E-state index in [1.807, 2.05) is 30.3 Å². The minimum Gasteiger partial charge on any atom is -0.493 e. The first kappa shape index (κ1) is 23.9. The number of carbonyl (C=O) groups is 3. The number of halogens is 2. The van der Waals surface area contributed by atoms with Crippen LogP contribution in [-0.4, -0.2) is 42.9 Å². The van der Waals surface area contributed by atoms with Gasteiger partial charge in [-0.05, 0) is 47.9 Å². The Hall–Kier alpha value is -4.27.